The van der Waals surface area contributed by atoms with Crippen molar-refractivity contribution in [2.24, 2.45) is 11.6 Å². The normalized spacial score (nSPS) is 9.74. The molecule has 1 rings (SSSR count). The molecule has 5 N–H and O–H groups in total. The van der Waals surface area contributed by atoms with Crippen molar-refractivity contribution in [3.8, 4) is 5.75 Å². The third-order valence-corrected chi connectivity index (χ3v) is 2.19. The van der Waals surface area contributed by atoms with E-state index in [-0.39, 0.29) is 24.3 Å². The monoisotopic (exact) mass is 268 g/mol. The highest BCUT2D eigenvalue weighted by molar-refractivity contribution is 5.93. The number of nitro benzene ring substituents is 1. The minimum absolute atomic E-state index is 0.00116. The molecule has 1 aromatic rings. The minimum Gasteiger partial charge on any atom is -0.486 e. The number of hydrogen-bond donors (Lipinski definition) is 3. The number of hydrazine groups is 1. The molecule has 0 saturated heterocycles. The SMILES string of the molecule is NNC(=O)CCOc1ccc(C(N)=O)cc1[N+](=O)[O-]. The smallest absolute Gasteiger partial charge is 0.311 e. The van der Waals surface area contributed by atoms with E-state index in [4.69, 9.17) is 16.3 Å². The molecule has 9 heteroatoms. The van der Waals surface area contributed by atoms with Crippen LogP contribution in [0.1, 0.15) is 16.8 Å². The summed E-state index contributed by atoms with van der Waals surface area (Å²) in [7, 11) is 0. The summed E-state index contributed by atoms with van der Waals surface area (Å²) in [4.78, 5) is 31.9. The molecule has 1 aromatic carbocycles. The van der Waals surface area contributed by atoms with Crippen molar-refractivity contribution < 1.29 is 19.2 Å². The van der Waals surface area contributed by atoms with E-state index in [2.05, 4.69) is 0 Å². The zero-order valence-electron chi connectivity index (χ0n) is 9.79. The van der Waals surface area contributed by atoms with Crippen LogP contribution in [0, 0.1) is 10.1 Å². The van der Waals surface area contributed by atoms with Crippen LogP contribution in [-0.4, -0.2) is 23.3 Å². The molecule has 102 valence electrons. The van der Waals surface area contributed by atoms with Crippen molar-refractivity contribution in [1.82, 2.24) is 5.43 Å². The first-order valence-electron chi connectivity index (χ1n) is 5.16. The van der Waals surface area contributed by atoms with Gasteiger partial charge in [0.2, 0.25) is 11.8 Å². The molecule has 0 heterocycles. The van der Waals surface area contributed by atoms with Crippen LogP contribution in [0.25, 0.3) is 0 Å². The van der Waals surface area contributed by atoms with E-state index in [1.165, 1.54) is 12.1 Å². The first kappa shape index (κ1) is 14.4. The molecule has 0 aromatic heterocycles. The quantitative estimate of drug-likeness (QED) is 0.272. The van der Waals surface area contributed by atoms with Gasteiger partial charge in [-0.05, 0) is 12.1 Å². The number of primary amides is 1. The predicted octanol–water partition coefficient (Wildman–Crippen LogP) is -0.548. The molecule has 2 amide bonds. The topological polar surface area (TPSA) is 151 Å². The van der Waals surface area contributed by atoms with Gasteiger partial charge in [0.25, 0.3) is 0 Å². The Morgan fingerprint density at radius 3 is 2.63 bits per heavy atom. The van der Waals surface area contributed by atoms with Gasteiger partial charge >= 0.3 is 5.69 Å². The van der Waals surface area contributed by atoms with Gasteiger partial charge in [-0.25, -0.2) is 5.84 Å². The molecule has 0 aliphatic rings. The number of nitro groups is 1. The summed E-state index contributed by atoms with van der Waals surface area (Å²) in [5.41, 5.74) is 6.52. The Balaban J connectivity index is 2.85. The number of hydrogen-bond acceptors (Lipinski definition) is 6. The molecule has 9 nitrogen and oxygen atoms in total. The van der Waals surface area contributed by atoms with Gasteiger partial charge in [-0.1, -0.05) is 0 Å². The van der Waals surface area contributed by atoms with Gasteiger partial charge in [0.05, 0.1) is 18.0 Å². The van der Waals surface area contributed by atoms with Crippen LogP contribution in [0.3, 0.4) is 0 Å². The maximum atomic E-state index is 10.9. The van der Waals surface area contributed by atoms with Crippen LogP contribution in [0.5, 0.6) is 5.75 Å². The Bertz CT molecular complexity index is 517. The molecule has 0 aliphatic carbocycles. The van der Waals surface area contributed by atoms with Gasteiger partial charge in [-0.3, -0.25) is 25.1 Å². The van der Waals surface area contributed by atoms with Crippen LogP contribution in [0.2, 0.25) is 0 Å². The van der Waals surface area contributed by atoms with Crippen LogP contribution in [0.15, 0.2) is 18.2 Å². The molecule has 19 heavy (non-hydrogen) atoms. The van der Waals surface area contributed by atoms with Crippen LogP contribution in [0.4, 0.5) is 5.69 Å². The maximum absolute atomic E-state index is 10.9. The standard InChI is InChI=1S/C10H12N4O5/c11-10(16)6-1-2-8(7(5-6)14(17)18)19-4-3-9(15)13-12/h1-2,5H,3-4,12H2,(H2,11,16)(H,13,15). The van der Waals surface area contributed by atoms with E-state index < -0.39 is 22.4 Å². The molecule has 0 atom stereocenters. The van der Waals surface area contributed by atoms with E-state index in [1.54, 1.807) is 0 Å². The second kappa shape index (κ2) is 6.31. The lowest BCUT2D eigenvalue weighted by Gasteiger charge is -2.06. The zero-order chi connectivity index (χ0) is 14.4. The highest BCUT2D eigenvalue weighted by Crippen LogP contribution is 2.27. The molecule has 0 fully saturated rings. The molecule has 0 bridgehead atoms. The third kappa shape index (κ3) is 3.92. The Kier molecular flexibility index (Phi) is 4.77. The van der Waals surface area contributed by atoms with Gasteiger partial charge in [-0.15, -0.1) is 0 Å². The van der Waals surface area contributed by atoms with Crippen molar-refractivity contribution in [3.05, 3.63) is 33.9 Å². The van der Waals surface area contributed by atoms with Gasteiger partial charge in [0.1, 0.15) is 0 Å². The summed E-state index contributed by atoms with van der Waals surface area (Å²) < 4.78 is 5.10. The number of nitrogens with two attached hydrogens (primary N) is 2. The van der Waals surface area contributed by atoms with Crippen LogP contribution >= 0.6 is 0 Å². The van der Waals surface area contributed by atoms with Crippen molar-refractivity contribution >= 4 is 17.5 Å². The lowest BCUT2D eigenvalue weighted by atomic mass is 10.2. The van der Waals surface area contributed by atoms with Gasteiger partial charge in [-0.2, -0.15) is 0 Å². The van der Waals surface area contributed by atoms with E-state index in [1.807, 2.05) is 5.43 Å². The highest BCUT2D eigenvalue weighted by Gasteiger charge is 2.18. The Morgan fingerprint density at radius 1 is 1.42 bits per heavy atom. The maximum Gasteiger partial charge on any atom is 0.311 e. The largest absolute Gasteiger partial charge is 0.486 e. The molecular weight excluding hydrogens is 256 g/mol. The average Bonchev–Trinajstić information content (AvgIpc) is 2.38. The molecule has 0 spiro atoms. The van der Waals surface area contributed by atoms with Gasteiger partial charge < -0.3 is 10.5 Å². The lowest BCUT2D eigenvalue weighted by molar-refractivity contribution is -0.385. The van der Waals surface area contributed by atoms with E-state index in [0.29, 0.717) is 0 Å². The first-order valence-corrected chi connectivity index (χ1v) is 5.16. The fourth-order valence-electron chi connectivity index (χ4n) is 1.26. The van der Waals surface area contributed by atoms with Crippen molar-refractivity contribution in [3.63, 3.8) is 0 Å². The first-order chi connectivity index (χ1) is 8.95. The van der Waals surface area contributed by atoms with Crippen molar-refractivity contribution in [1.29, 1.82) is 0 Å². The minimum atomic E-state index is -0.780. The summed E-state index contributed by atoms with van der Waals surface area (Å²) in [6, 6.07) is 3.56. The summed E-state index contributed by atoms with van der Waals surface area (Å²) >= 11 is 0. The molecular formula is C10H12N4O5. The Labute approximate surface area is 107 Å². The second-order valence-electron chi connectivity index (χ2n) is 3.47. The number of nitrogens with zero attached hydrogens (tertiary/aromatic N) is 1. The lowest BCUT2D eigenvalue weighted by Crippen LogP contribution is -2.31. The summed E-state index contributed by atoms with van der Waals surface area (Å²) in [6.45, 7) is -0.0835. The van der Waals surface area contributed by atoms with E-state index in [9.17, 15) is 19.7 Å². The van der Waals surface area contributed by atoms with Crippen LogP contribution < -0.4 is 21.7 Å². The average molecular weight is 268 g/mol. The number of carbonyl (C=O) groups excluding carboxylic acids is 2. The number of amides is 2. The Morgan fingerprint density at radius 2 is 2.11 bits per heavy atom. The van der Waals surface area contributed by atoms with Gasteiger partial charge in [0, 0.05) is 11.6 Å². The number of ether oxygens (including phenoxy) is 1. The van der Waals surface area contributed by atoms with Crippen molar-refractivity contribution in [2.75, 3.05) is 6.61 Å². The predicted molar refractivity (Wildman–Crippen MR) is 64.1 cm³/mol. The van der Waals surface area contributed by atoms with Gasteiger partial charge in [0.15, 0.2) is 5.75 Å². The molecule has 0 unspecified atom stereocenters. The second-order valence-corrected chi connectivity index (χ2v) is 3.47. The van der Waals surface area contributed by atoms with E-state index in [0.717, 1.165) is 6.07 Å². The number of benzene rings is 1. The number of rotatable bonds is 6. The fourth-order valence-corrected chi connectivity index (χ4v) is 1.26. The number of nitrogens with one attached hydrogen (secondary N) is 1. The molecule has 0 aliphatic heterocycles. The highest BCUT2D eigenvalue weighted by atomic mass is 16.6. The fraction of sp³-hybridized carbons (Fsp3) is 0.200. The number of carbonyl (C=O) groups is 2. The van der Waals surface area contributed by atoms with E-state index >= 15 is 0 Å². The van der Waals surface area contributed by atoms with Crippen LogP contribution in [-0.2, 0) is 4.79 Å². The third-order valence-electron chi connectivity index (χ3n) is 2.19. The van der Waals surface area contributed by atoms with Crippen molar-refractivity contribution in [2.45, 2.75) is 6.42 Å². The zero-order valence-corrected chi connectivity index (χ0v) is 9.79. The summed E-state index contributed by atoms with van der Waals surface area (Å²) in [5.74, 6) is 3.57. The Hall–Kier alpha value is -2.68. The summed E-state index contributed by atoms with van der Waals surface area (Å²) in [5, 5.41) is 10.8. The molecule has 0 saturated carbocycles. The summed E-state index contributed by atoms with van der Waals surface area (Å²) in [6.07, 6.45) is -0.0504. The molecule has 0 radical (unpaired) electrons.